The van der Waals surface area contributed by atoms with Gasteiger partial charge in [-0.1, -0.05) is 51.0 Å². The Morgan fingerprint density at radius 2 is 1.04 bits per heavy atom. The molecule has 0 aliphatic heterocycles. The molecule has 2 aromatic carbocycles. The zero-order chi connectivity index (χ0) is 16.3. The highest BCUT2D eigenvalue weighted by molar-refractivity contribution is 6.20. The standard InChI is InChI=1S/C20H27BO2/c1-3-5-7-17-9-13-19(14-10-17)22-21-23-20-15-11-18(12-16-20)8-6-4-2/h9-16,21H,3-8H2,1-2H3. The first-order chi connectivity index (χ1) is 11.3. The third kappa shape index (κ3) is 6.39. The third-order valence-corrected chi connectivity index (χ3v) is 3.94. The van der Waals surface area contributed by atoms with Crippen molar-refractivity contribution in [3.05, 3.63) is 59.7 Å². The molecule has 122 valence electrons. The summed E-state index contributed by atoms with van der Waals surface area (Å²) in [6.45, 7) is 4.43. The van der Waals surface area contributed by atoms with E-state index in [0.717, 1.165) is 24.3 Å². The van der Waals surface area contributed by atoms with E-state index < -0.39 is 0 Å². The van der Waals surface area contributed by atoms with Crippen LogP contribution in [0.1, 0.15) is 50.7 Å². The van der Waals surface area contributed by atoms with Crippen molar-refractivity contribution in [2.75, 3.05) is 0 Å². The Kier molecular flexibility index (Phi) is 7.58. The van der Waals surface area contributed by atoms with E-state index in [0.29, 0.717) is 0 Å². The van der Waals surface area contributed by atoms with Crippen molar-refractivity contribution < 1.29 is 9.31 Å². The van der Waals surface area contributed by atoms with E-state index >= 15 is 0 Å². The third-order valence-electron chi connectivity index (χ3n) is 3.94. The molecule has 0 amide bonds. The van der Waals surface area contributed by atoms with E-state index in [1.54, 1.807) is 0 Å². The fourth-order valence-corrected chi connectivity index (χ4v) is 2.43. The van der Waals surface area contributed by atoms with Gasteiger partial charge in [-0.3, -0.25) is 0 Å². The first-order valence-corrected chi connectivity index (χ1v) is 8.75. The van der Waals surface area contributed by atoms with Gasteiger partial charge in [0.2, 0.25) is 0 Å². The van der Waals surface area contributed by atoms with Gasteiger partial charge in [0, 0.05) is 0 Å². The van der Waals surface area contributed by atoms with Crippen molar-refractivity contribution in [1.29, 1.82) is 0 Å². The van der Waals surface area contributed by atoms with Gasteiger partial charge in [-0.05, 0) is 61.1 Å². The molecule has 0 bridgehead atoms. The molecular formula is C20H27BO2. The van der Waals surface area contributed by atoms with Gasteiger partial charge in [0.15, 0.2) is 0 Å². The maximum atomic E-state index is 5.64. The molecule has 0 N–H and O–H groups in total. The molecule has 0 aliphatic rings. The van der Waals surface area contributed by atoms with E-state index in [1.807, 2.05) is 24.3 Å². The number of unbranched alkanes of at least 4 members (excludes halogenated alkanes) is 2. The van der Waals surface area contributed by atoms with Crippen LogP contribution >= 0.6 is 0 Å². The van der Waals surface area contributed by atoms with Crippen LogP contribution in [-0.4, -0.2) is 7.69 Å². The van der Waals surface area contributed by atoms with Crippen LogP contribution in [0, 0.1) is 0 Å². The fraction of sp³-hybridized carbons (Fsp3) is 0.400. The molecular weight excluding hydrogens is 283 g/mol. The van der Waals surface area contributed by atoms with Gasteiger partial charge in [-0.2, -0.15) is 0 Å². The summed E-state index contributed by atoms with van der Waals surface area (Å²) < 4.78 is 11.3. The van der Waals surface area contributed by atoms with Gasteiger partial charge >= 0.3 is 7.69 Å². The number of rotatable bonds is 10. The van der Waals surface area contributed by atoms with Crippen molar-refractivity contribution in [3.8, 4) is 11.5 Å². The monoisotopic (exact) mass is 310 g/mol. The van der Waals surface area contributed by atoms with Crippen molar-refractivity contribution in [3.63, 3.8) is 0 Å². The quantitative estimate of drug-likeness (QED) is 0.569. The topological polar surface area (TPSA) is 18.5 Å². The summed E-state index contributed by atoms with van der Waals surface area (Å²) in [6, 6.07) is 16.6. The number of aryl methyl sites for hydroxylation is 2. The highest BCUT2D eigenvalue weighted by atomic mass is 16.6. The lowest BCUT2D eigenvalue weighted by Crippen LogP contribution is -2.10. The van der Waals surface area contributed by atoms with E-state index in [-0.39, 0.29) is 7.69 Å². The number of hydrogen-bond donors (Lipinski definition) is 0. The van der Waals surface area contributed by atoms with Crippen LogP contribution in [0.15, 0.2) is 48.5 Å². The lowest BCUT2D eigenvalue weighted by atomic mass is 10.1. The Labute approximate surface area is 141 Å². The average Bonchev–Trinajstić information content (AvgIpc) is 2.60. The lowest BCUT2D eigenvalue weighted by Gasteiger charge is -2.09. The normalized spacial score (nSPS) is 10.3. The van der Waals surface area contributed by atoms with E-state index in [9.17, 15) is 0 Å². The highest BCUT2D eigenvalue weighted by Crippen LogP contribution is 2.16. The molecule has 2 rings (SSSR count). The second kappa shape index (κ2) is 9.99. The Balaban J connectivity index is 1.73. The molecule has 3 heteroatoms. The summed E-state index contributed by atoms with van der Waals surface area (Å²) >= 11 is 0. The minimum atomic E-state index is 0.239. The number of benzene rings is 2. The smallest absolute Gasteiger partial charge is 0.529 e. The van der Waals surface area contributed by atoms with Gasteiger partial charge in [0.1, 0.15) is 11.5 Å². The molecule has 23 heavy (non-hydrogen) atoms. The minimum absolute atomic E-state index is 0.239. The summed E-state index contributed by atoms with van der Waals surface area (Å²) in [7, 11) is 0.239. The van der Waals surface area contributed by atoms with Crippen molar-refractivity contribution in [2.24, 2.45) is 0 Å². The fourth-order valence-electron chi connectivity index (χ4n) is 2.43. The number of hydrogen-bond acceptors (Lipinski definition) is 2. The van der Waals surface area contributed by atoms with Crippen molar-refractivity contribution >= 4 is 7.69 Å². The summed E-state index contributed by atoms with van der Waals surface area (Å²) in [5.41, 5.74) is 2.73. The summed E-state index contributed by atoms with van der Waals surface area (Å²) in [5.74, 6) is 1.70. The van der Waals surface area contributed by atoms with Crippen LogP contribution in [0.3, 0.4) is 0 Å². The Bertz CT molecular complexity index is 497. The largest absolute Gasteiger partial charge is 0.576 e. The molecule has 0 spiro atoms. The van der Waals surface area contributed by atoms with Gasteiger partial charge < -0.3 is 9.31 Å². The molecule has 0 aliphatic carbocycles. The minimum Gasteiger partial charge on any atom is -0.529 e. The summed E-state index contributed by atoms with van der Waals surface area (Å²) in [6.07, 6.45) is 7.19. The van der Waals surface area contributed by atoms with Crippen LogP contribution in [-0.2, 0) is 12.8 Å². The van der Waals surface area contributed by atoms with Crippen LogP contribution in [0.5, 0.6) is 11.5 Å². The SMILES string of the molecule is CCCCc1ccc(OBOc2ccc(CCCC)cc2)cc1. The summed E-state index contributed by atoms with van der Waals surface area (Å²) in [4.78, 5) is 0. The van der Waals surface area contributed by atoms with E-state index in [1.165, 1.54) is 36.8 Å². The molecule has 2 aromatic rings. The zero-order valence-electron chi connectivity index (χ0n) is 14.4. The first-order valence-electron chi connectivity index (χ1n) is 8.75. The van der Waals surface area contributed by atoms with E-state index in [2.05, 4.69) is 38.1 Å². The maximum absolute atomic E-state index is 5.64. The predicted molar refractivity (Wildman–Crippen MR) is 98.5 cm³/mol. The Morgan fingerprint density at radius 3 is 1.39 bits per heavy atom. The molecule has 2 nitrogen and oxygen atoms in total. The second-order valence-corrected chi connectivity index (χ2v) is 5.90. The van der Waals surface area contributed by atoms with Gasteiger partial charge in [0.05, 0.1) is 0 Å². The molecule has 0 radical (unpaired) electrons. The summed E-state index contributed by atoms with van der Waals surface area (Å²) in [5, 5.41) is 0. The molecule has 0 heterocycles. The Morgan fingerprint density at radius 1 is 0.652 bits per heavy atom. The van der Waals surface area contributed by atoms with Crippen molar-refractivity contribution in [2.45, 2.75) is 52.4 Å². The predicted octanol–water partition coefficient (Wildman–Crippen LogP) is 5.10. The molecule has 0 atom stereocenters. The second-order valence-electron chi connectivity index (χ2n) is 5.90. The van der Waals surface area contributed by atoms with Gasteiger partial charge in [-0.25, -0.2) is 0 Å². The average molecular weight is 310 g/mol. The van der Waals surface area contributed by atoms with Crippen molar-refractivity contribution in [1.82, 2.24) is 0 Å². The molecule has 0 aromatic heterocycles. The molecule has 0 unspecified atom stereocenters. The van der Waals surface area contributed by atoms with Crippen LogP contribution < -0.4 is 9.31 Å². The Hall–Kier alpha value is -1.90. The van der Waals surface area contributed by atoms with Crippen LogP contribution in [0.4, 0.5) is 0 Å². The molecule has 0 saturated heterocycles. The zero-order valence-corrected chi connectivity index (χ0v) is 14.4. The molecule has 0 saturated carbocycles. The van der Waals surface area contributed by atoms with Crippen LogP contribution in [0.25, 0.3) is 0 Å². The maximum Gasteiger partial charge on any atom is 0.576 e. The lowest BCUT2D eigenvalue weighted by molar-refractivity contribution is 0.459. The van der Waals surface area contributed by atoms with E-state index in [4.69, 9.17) is 9.31 Å². The van der Waals surface area contributed by atoms with Gasteiger partial charge in [0.25, 0.3) is 0 Å². The first kappa shape index (κ1) is 17.5. The molecule has 0 fully saturated rings. The highest BCUT2D eigenvalue weighted by Gasteiger charge is 2.01. The van der Waals surface area contributed by atoms with Gasteiger partial charge in [-0.15, -0.1) is 0 Å². The van der Waals surface area contributed by atoms with Crippen LogP contribution in [0.2, 0.25) is 0 Å².